The van der Waals surface area contributed by atoms with Gasteiger partial charge < -0.3 is 15.4 Å². The first-order valence-electron chi connectivity index (χ1n) is 9.35. The van der Waals surface area contributed by atoms with Gasteiger partial charge in [-0.05, 0) is 51.1 Å². The third kappa shape index (κ3) is 7.99. The molecule has 0 aromatic heterocycles. The Morgan fingerprint density at radius 3 is 2.46 bits per heavy atom. The number of urea groups is 1. The molecule has 0 aliphatic carbocycles. The molecular weight excluding hydrogens is 306 g/mol. The monoisotopic (exact) mass is 341 g/mol. The van der Waals surface area contributed by atoms with Crippen molar-refractivity contribution in [3.63, 3.8) is 0 Å². The number of nitrogens with zero attached hydrogens (tertiary/aromatic N) is 1. The van der Waals surface area contributed by atoms with E-state index in [4.69, 9.17) is 4.74 Å². The van der Waals surface area contributed by atoms with Gasteiger partial charge in [0.25, 0.3) is 0 Å². The molecule has 0 radical (unpaired) electrons. The van der Waals surface area contributed by atoms with Crippen LogP contribution in [-0.4, -0.2) is 55.7 Å². The minimum atomic E-state index is -0.209. The van der Waals surface area contributed by atoms with E-state index in [1.165, 1.54) is 12.8 Å². The van der Waals surface area contributed by atoms with Gasteiger partial charge in [0.15, 0.2) is 0 Å². The standard InChI is InChI=1S/C18H35N3O3/c1-5-24-17(22)7-6-10-19-18(23)20-13-16(14(2)3)21-11-8-15(4)9-12-21/h14-16H,5-13H2,1-4H3,(H2,19,20,23). The van der Waals surface area contributed by atoms with Crippen LogP contribution in [0, 0.1) is 11.8 Å². The van der Waals surface area contributed by atoms with Crippen molar-refractivity contribution in [1.82, 2.24) is 15.5 Å². The Morgan fingerprint density at radius 2 is 1.88 bits per heavy atom. The number of esters is 1. The first-order chi connectivity index (χ1) is 11.4. The second kappa shape index (κ2) is 11.3. The van der Waals surface area contributed by atoms with E-state index in [9.17, 15) is 9.59 Å². The van der Waals surface area contributed by atoms with Crippen LogP contribution in [0.1, 0.15) is 53.4 Å². The van der Waals surface area contributed by atoms with Crippen molar-refractivity contribution in [3.05, 3.63) is 0 Å². The predicted octanol–water partition coefficient (Wildman–Crippen LogP) is 2.39. The van der Waals surface area contributed by atoms with Crippen LogP contribution in [0.25, 0.3) is 0 Å². The van der Waals surface area contributed by atoms with Crippen LogP contribution in [0.15, 0.2) is 0 Å². The van der Waals surface area contributed by atoms with Crippen molar-refractivity contribution in [1.29, 1.82) is 0 Å². The fourth-order valence-electron chi connectivity index (χ4n) is 3.07. The van der Waals surface area contributed by atoms with Crippen LogP contribution in [-0.2, 0) is 9.53 Å². The molecule has 6 heteroatoms. The minimum absolute atomic E-state index is 0.158. The minimum Gasteiger partial charge on any atom is -0.466 e. The molecule has 1 fully saturated rings. The van der Waals surface area contributed by atoms with Crippen molar-refractivity contribution in [2.75, 3.05) is 32.8 Å². The zero-order valence-electron chi connectivity index (χ0n) is 15.8. The maximum atomic E-state index is 11.9. The highest BCUT2D eigenvalue weighted by molar-refractivity contribution is 5.74. The number of nitrogens with one attached hydrogen (secondary N) is 2. The Morgan fingerprint density at radius 1 is 1.21 bits per heavy atom. The van der Waals surface area contributed by atoms with Crippen molar-refractivity contribution in [2.24, 2.45) is 11.8 Å². The third-order valence-corrected chi connectivity index (χ3v) is 4.68. The number of likely N-dealkylation sites (tertiary alicyclic amines) is 1. The van der Waals surface area contributed by atoms with Crippen LogP contribution in [0.2, 0.25) is 0 Å². The van der Waals surface area contributed by atoms with E-state index in [0.29, 0.717) is 44.5 Å². The molecule has 1 atom stereocenters. The van der Waals surface area contributed by atoms with Gasteiger partial charge in [0, 0.05) is 25.6 Å². The molecule has 1 rings (SSSR count). The molecule has 1 aliphatic rings. The molecule has 0 bridgehead atoms. The first kappa shape index (κ1) is 20.7. The molecule has 6 nitrogen and oxygen atoms in total. The molecule has 0 spiro atoms. The summed E-state index contributed by atoms with van der Waals surface area (Å²) in [6.07, 6.45) is 3.42. The number of carbonyl (C=O) groups excluding carboxylic acids is 2. The van der Waals surface area contributed by atoms with Gasteiger partial charge in [0.2, 0.25) is 0 Å². The molecule has 1 unspecified atom stereocenters. The van der Waals surface area contributed by atoms with Gasteiger partial charge in [-0.1, -0.05) is 20.8 Å². The molecule has 140 valence electrons. The summed E-state index contributed by atoms with van der Waals surface area (Å²) < 4.78 is 4.86. The summed E-state index contributed by atoms with van der Waals surface area (Å²) in [6, 6.07) is 0.220. The molecule has 2 amide bonds. The predicted molar refractivity (Wildman–Crippen MR) is 95.9 cm³/mol. The molecule has 24 heavy (non-hydrogen) atoms. The summed E-state index contributed by atoms with van der Waals surface area (Å²) in [5.41, 5.74) is 0. The second-order valence-corrected chi connectivity index (χ2v) is 7.08. The summed E-state index contributed by atoms with van der Waals surface area (Å²) in [5, 5.41) is 5.79. The Balaban J connectivity index is 2.23. The van der Waals surface area contributed by atoms with E-state index in [0.717, 1.165) is 19.0 Å². The Kier molecular flexibility index (Phi) is 9.76. The van der Waals surface area contributed by atoms with Gasteiger partial charge in [0.1, 0.15) is 0 Å². The van der Waals surface area contributed by atoms with Gasteiger partial charge in [0.05, 0.1) is 6.61 Å². The highest BCUT2D eigenvalue weighted by atomic mass is 16.5. The molecule has 1 saturated heterocycles. The van der Waals surface area contributed by atoms with Crippen LogP contribution in [0.5, 0.6) is 0 Å². The number of hydrogen-bond donors (Lipinski definition) is 2. The van der Waals surface area contributed by atoms with Gasteiger partial charge in [-0.25, -0.2) is 4.79 Å². The van der Waals surface area contributed by atoms with E-state index in [-0.39, 0.29) is 12.0 Å². The van der Waals surface area contributed by atoms with E-state index in [1.807, 2.05) is 0 Å². The average Bonchev–Trinajstić information content (AvgIpc) is 2.53. The van der Waals surface area contributed by atoms with Gasteiger partial charge >= 0.3 is 12.0 Å². The smallest absolute Gasteiger partial charge is 0.314 e. The van der Waals surface area contributed by atoms with Crippen LogP contribution >= 0.6 is 0 Å². The van der Waals surface area contributed by atoms with Crippen molar-refractivity contribution in [2.45, 2.75) is 59.4 Å². The third-order valence-electron chi connectivity index (χ3n) is 4.68. The average molecular weight is 341 g/mol. The Bertz CT molecular complexity index is 380. The largest absolute Gasteiger partial charge is 0.466 e. The first-order valence-corrected chi connectivity index (χ1v) is 9.35. The van der Waals surface area contributed by atoms with Crippen molar-refractivity contribution in [3.8, 4) is 0 Å². The Labute approximate surface area is 146 Å². The highest BCUT2D eigenvalue weighted by Gasteiger charge is 2.25. The summed E-state index contributed by atoms with van der Waals surface area (Å²) >= 11 is 0. The molecule has 2 N–H and O–H groups in total. The number of carbonyl (C=O) groups is 2. The molecular formula is C18H35N3O3. The van der Waals surface area contributed by atoms with Crippen LogP contribution in [0.4, 0.5) is 4.79 Å². The fourth-order valence-corrected chi connectivity index (χ4v) is 3.07. The maximum Gasteiger partial charge on any atom is 0.314 e. The van der Waals surface area contributed by atoms with Crippen LogP contribution in [0.3, 0.4) is 0 Å². The summed E-state index contributed by atoms with van der Waals surface area (Å²) in [6.45, 7) is 12.3. The van der Waals surface area contributed by atoms with Gasteiger partial charge in [-0.15, -0.1) is 0 Å². The zero-order chi connectivity index (χ0) is 17.9. The number of ether oxygens (including phenoxy) is 1. The zero-order valence-corrected chi connectivity index (χ0v) is 15.8. The van der Waals surface area contributed by atoms with Crippen molar-refractivity contribution < 1.29 is 14.3 Å². The molecule has 0 saturated carbocycles. The molecule has 0 aromatic rings. The van der Waals surface area contributed by atoms with E-state index < -0.39 is 0 Å². The summed E-state index contributed by atoms with van der Waals surface area (Å²) in [5.74, 6) is 1.10. The number of hydrogen-bond acceptors (Lipinski definition) is 4. The summed E-state index contributed by atoms with van der Waals surface area (Å²) in [7, 11) is 0. The van der Waals surface area contributed by atoms with Crippen molar-refractivity contribution >= 4 is 12.0 Å². The van der Waals surface area contributed by atoms with E-state index in [1.54, 1.807) is 6.92 Å². The quantitative estimate of drug-likeness (QED) is 0.499. The lowest BCUT2D eigenvalue weighted by atomic mass is 9.94. The number of rotatable bonds is 9. The normalized spacial score (nSPS) is 17.5. The highest BCUT2D eigenvalue weighted by Crippen LogP contribution is 2.20. The Hall–Kier alpha value is -1.30. The summed E-state index contributed by atoms with van der Waals surface area (Å²) in [4.78, 5) is 25.6. The van der Waals surface area contributed by atoms with Gasteiger partial charge in [-0.2, -0.15) is 0 Å². The lowest BCUT2D eigenvalue weighted by molar-refractivity contribution is -0.143. The maximum absolute atomic E-state index is 11.9. The van der Waals surface area contributed by atoms with Crippen LogP contribution < -0.4 is 10.6 Å². The van der Waals surface area contributed by atoms with E-state index >= 15 is 0 Å². The molecule has 0 aromatic carbocycles. The lowest BCUT2D eigenvalue weighted by Gasteiger charge is -2.38. The SMILES string of the molecule is CCOC(=O)CCCNC(=O)NCC(C(C)C)N1CCC(C)CC1. The second-order valence-electron chi connectivity index (χ2n) is 7.08. The van der Waals surface area contributed by atoms with E-state index in [2.05, 4.69) is 36.3 Å². The molecule has 1 aliphatic heterocycles. The van der Waals surface area contributed by atoms with Gasteiger partial charge in [-0.3, -0.25) is 9.69 Å². The topological polar surface area (TPSA) is 70.7 Å². The number of amides is 2. The molecule has 1 heterocycles. The lowest BCUT2D eigenvalue weighted by Crippen LogP contribution is -2.51. The fraction of sp³-hybridized carbons (Fsp3) is 0.889. The number of piperidine rings is 1.